The Morgan fingerprint density at radius 1 is 1.21 bits per heavy atom. The second-order valence-electron chi connectivity index (χ2n) is 3.82. The van der Waals surface area contributed by atoms with Gasteiger partial charge in [-0.25, -0.2) is 4.79 Å². The van der Waals surface area contributed by atoms with Gasteiger partial charge in [0.15, 0.2) is 0 Å². The van der Waals surface area contributed by atoms with E-state index in [-0.39, 0.29) is 11.9 Å². The third-order valence-corrected chi connectivity index (χ3v) is 2.92. The molecule has 9 heteroatoms. The van der Waals surface area contributed by atoms with Crippen LogP contribution in [0.3, 0.4) is 0 Å². The van der Waals surface area contributed by atoms with Crippen molar-refractivity contribution in [2.45, 2.75) is 6.92 Å². The van der Waals surface area contributed by atoms with Crippen molar-refractivity contribution in [2.75, 3.05) is 39.0 Å². The van der Waals surface area contributed by atoms with E-state index in [1.807, 2.05) is 6.92 Å². The molecule has 0 unspecified atom stereocenters. The molecule has 0 radical (unpaired) electrons. The molecule has 1 aromatic heterocycles. The first-order valence-electron chi connectivity index (χ1n) is 5.85. The maximum absolute atomic E-state index is 11.7. The molecule has 0 bridgehead atoms. The van der Waals surface area contributed by atoms with Crippen LogP contribution in [-0.2, 0) is 0 Å². The molecule has 0 spiro atoms. The number of anilines is 1. The highest BCUT2D eigenvalue weighted by atomic mass is 32.1. The van der Waals surface area contributed by atoms with Crippen LogP contribution in [0.15, 0.2) is 0 Å². The zero-order valence-electron chi connectivity index (χ0n) is 11.2. The Morgan fingerprint density at radius 3 is 2.53 bits per heavy atom. The average Bonchev–Trinajstić information content (AvgIpc) is 2.83. The lowest BCUT2D eigenvalue weighted by Crippen LogP contribution is -2.39. The second-order valence-corrected chi connectivity index (χ2v) is 4.80. The van der Waals surface area contributed by atoms with Crippen LogP contribution in [0.5, 0.6) is 0 Å². The van der Waals surface area contributed by atoms with Crippen molar-refractivity contribution < 1.29 is 9.59 Å². The van der Waals surface area contributed by atoms with Crippen molar-refractivity contribution in [1.29, 1.82) is 0 Å². The monoisotopic (exact) mass is 286 g/mol. The van der Waals surface area contributed by atoms with Crippen molar-refractivity contribution in [2.24, 2.45) is 0 Å². The van der Waals surface area contributed by atoms with E-state index in [0.29, 0.717) is 23.2 Å². The van der Waals surface area contributed by atoms with Gasteiger partial charge in [0.1, 0.15) is 0 Å². The van der Waals surface area contributed by atoms with Gasteiger partial charge in [0.05, 0.1) is 0 Å². The molecule has 0 atom stereocenters. The molecule has 0 aliphatic carbocycles. The van der Waals surface area contributed by atoms with Gasteiger partial charge in [-0.3, -0.25) is 4.79 Å². The van der Waals surface area contributed by atoms with Gasteiger partial charge in [-0.1, -0.05) is 11.3 Å². The summed E-state index contributed by atoms with van der Waals surface area (Å²) in [4.78, 5) is 24.3. The summed E-state index contributed by atoms with van der Waals surface area (Å²) in [7, 11) is 3.30. The molecule has 3 N–H and O–H groups in total. The van der Waals surface area contributed by atoms with Crippen LogP contribution in [0.2, 0.25) is 0 Å². The van der Waals surface area contributed by atoms with Crippen molar-refractivity contribution in [3.8, 4) is 0 Å². The Bertz CT molecular complexity index is 433. The van der Waals surface area contributed by atoms with Gasteiger partial charge < -0.3 is 20.9 Å². The Morgan fingerprint density at radius 2 is 1.89 bits per heavy atom. The zero-order valence-corrected chi connectivity index (χ0v) is 12.0. The Balaban J connectivity index is 2.29. The van der Waals surface area contributed by atoms with E-state index in [0.717, 1.165) is 6.54 Å². The highest BCUT2D eigenvalue weighted by Gasteiger charge is 2.11. The van der Waals surface area contributed by atoms with Gasteiger partial charge in [-0.2, -0.15) is 0 Å². The number of carbonyl (C=O) groups is 2. The van der Waals surface area contributed by atoms with Crippen LogP contribution in [0.4, 0.5) is 9.93 Å². The Kier molecular flexibility index (Phi) is 6.00. The third kappa shape index (κ3) is 5.08. The number of carbonyl (C=O) groups excluding carboxylic acids is 2. The second kappa shape index (κ2) is 7.52. The van der Waals surface area contributed by atoms with Crippen molar-refractivity contribution in [3.63, 3.8) is 0 Å². The molecule has 0 saturated carbocycles. The Labute approximate surface area is 115 Å². The van der Waals surface area contributed by atoms with E-state index in [1.54, 1.807) is 14.1 Å². The number of aromatic nitrogens is 2. The minimum absolute atomic E-state index is 0.195. The molecule has 0 aliphatic rings. The molecule has 0 aliphatic heterocycles. The SMILES string of the molecule is CCNc1nnc(C(=O)NCCNC(=O)N(C)C)s1. The quantitative estimate of drug-likeness (QED) is 0.638. The minimum atomic E-state index is -0.291. The number of amides is 3. The van der Waals surface area contributed by atoms with Crippen LogP contribution in [0.1, 0.15) is 16.7 Å². The number of nitrogens with zero attached hydrogens (tertiary/aromatic N) is 3. The van der Waals surface area contributed by atoms with Crippen molar-refractivity contribution >= 4 is 28.4 Å². The molecule has 8 nitrogen and oxygen atoms in total. The number of hydrogen-bond acceptors (Lipinski definition) is 6. The van der Waals surface area contributed by atoms with Crippen LogP contribution >= 0.6 is 11.3 Å². The highest BCUT2D eigenvalue weighted by Crippen LogP contribution is 2.14. The summed E-state index contributed by atoms with van der Waals surface area (Å²) in [6, 6.07) is -0.195. The van der Waals surface area contributed by atoms with E-state index >= 15 is 0 Å². The van der Waals surface area contributed by atoms with Gasteiger partial charge in [0.25, 0.3) is 5.91 Å². The van der Waals surface area contributed by atoms with Gasteiger partial charge in [-0.15, -0.1) is 10.2 Å². The van der Waals surface area contributed by atoms with E-state index in [9.17, 15) is 9.59 Å². The minimum Gasteiger partial charge on any atom is -0.360 e. The number of nitrogens with one attached hydrogen (secondary N) is 3. The van der Waals surface area contributed by atoms with Crippen LogP contribution in [0, 0.1) is 0 Å². The molecule has 0 aromatic carbocycles. The molecule has 0 saturated heterocycles. The molecule has 106 valence electrons. The first kappa shape index (κ1) is 15.2. The standard InChI is InChI=1S/C10H18N6O2S/c1-4-11-9-15-14-8(19-9)7(17)12-5-6-13-10(18)16(2)3/h4-6H2,1-3H3,(H,11,15)(H,12,17)(H,13,18). The summed E-state index contributed by atoms with van der Waals surface area (Å²) in [6.07, 6.45) is 0. The predicted molar refractivity (Wildman–Crippen MR) is 73.5 cm³/mol. The van der Waals surface area contributed by atoms with Crippen molar-refractivity contribution in [3.05, 3.63) is 5.01 Å². The molecule has 1 heterocycles. The lowest BCUT2D eigenvalue weighted by molar-refractivity contribution is 0.0952. The van der Waals surface area contributed by atoms with Gasteiger partial charge in [-0.05, 0) is 6.92 Å². The summed E-state index contributed by atoms with van der Waals surface area (Å²) >= 11 is 1.19. The van der Waals surface area contributed by atoms with E-state index in [1.165, 1.54) is 16.2 Å². The van der Waals surface area contributed by atoms with Crippen LogP contribution in [0.25, 0.3) is 0 Å². The van der Waals surface area contributed by atoms with Gasteiger partial charge in [0, 0.05) is 33.7 Å². The first-order chi connectivity index (χ1) is 9.04. The topological polar surface area (TPSA) is 99.2 Å². The average molecular weight is 286 g/mol. The zero-order chi connectivity index (χ0) is 14.3. The van der Waals surface area contributed by atoms with E-state index < -0.39 is 0 Å². The fraction of sp³-hybridized carbons (Fsp3) is 0.600. The lowest BCUT2D eigenvalue weighted by Gasteiger charge is -2.11. The fourth-order valence-electron chi connectivity index (χ4n) is 1.12. The highest BCUT2D eigenvalue weighted by molar-refractivity contribution is 7.17. The maximum atomic E-state index is 11.7. The maximum Gasteiger partial charge on any atom is 0.316 e. The molecule has 1 rings (SSSR count). The fourth-order valence-corrected chi connectivity index (χ4v) is 1.84. The predicted octanol–water partition coefficient (Wildman–Crippen LogP) is -0.0291. The molecular weight excluding hydrogens is 268 g/mol. The van der Waals surface area contributed by atoms with Gasteiger partial charge in [0.2, 0.25) is 10.1 Å². The number of rotatable bonds is 6. The summed E-state index contributed by atoms with van der Waals surface area (Å²) in [5, 5.41) is 16.8. The normalized spacial score (nSPS) is 9.84. The molecule has 19 heavy (non-hydrogen) atoms. The number of hydrogen-bond donors (Lipinski definition) is 3. The summed E-state index contributed by atoms with van der Waals surface area (Å²) in [5.41, 5.74) is 0. The summed E-state index contributed by atoms with van der Waals surface area (Å²) < 4.78 is 0. The van der Waals surface area contributed by atoms with Gasteiger partial charge >= 0.3 is 6.03 Å². The lowest BCUT2D eigenvalue weighted by atomic mass is 10.5. The summed E-state index contributed by atoms with van der Waals surface area (Å²) in [5.74, 6) is -0.291. The first-order valence-corrected chi connectivity index (χ1v) is 6.67. The van der Waals surface area contributed by atoms with Crippen LogP contribution in [-0.4, -0.2) is 60.8 Å². The molecular formula is C10H18N6O2S. The van der Waals surface area contributed by atoms with E-state index in [2.05, 4.69) is 26.1 Å². The Hall–Kier alpha value is -1.90. The number of urea groups is 1. The summed E-state index contributed by atoms with van der Waals surface area (Å²) in [6.45, 7) is 3.37. The van der Waals surface area contributed by atoms with Crippen molar-refractivity contribution in [1.82, 2.24) is 25.7 Å². The van der Waals surface area contributed by atoms with Crippen LogP contribution < -0.4 is 16.0 Å². The molecule has 1 aromatic rings. The molecule has 0 fully saturated rings. The van der Waals surface area contributed by atoms with E-state index in [4.69, 9.17) is 0 Å². The smallest absolute Gasteiger partial charge is 0.316 e. The third-order valence-electron chi connectivity index (χ3n) is 2.04. The molecule has 3 amide bonds. The largest absolute Gasteiger partial charge is 0.360 e.